The van der Waals surface area contributed by atoms with Crippen molar-refractivity contribution in [3.63, 3.8) is 0 Å². The number of benzene rings is 4. The van der Waals surface area contributed by atoms with Crippen molar-refractivity contribution in [1.29, 1.82) is 0 Å². The molecule has 4 nitrogen and oxygen atoms in total. The molecule has 0 radical (unpaired) electrons. The van der Waals surface area contributed by atoms with Gasteiger partial charge in [0.1, 0.15) is 29.6 Å². The molecule has 4 aromatic carbocycles. The highest BCUT2D eigenvalue weighted by Gasteiger charge is 2.35. The minimum Gasteiger partial charge on any atom is -0.341 e. The van der Waals surface area contributed by atoms with E-state index in [-0.39, 0.29) is 4.17 Å². The molecule has 0 aliphatic carbocycles. The fourth-order valence-electron chi connectivity index (χ4n) is 4.72. The van der Waals surface area contributed by atoms with Gasteiger partial charge in [-0.3, -0.25) is 4.57 Å². The van der Waals surface area contributed by atoms with E-state index in [1.165, 1.54) is 47.9 Å². The Morgan fingerprint density at radius 2 is 1.30 bits per heavy atom. The first-order valence-corrected chi connectivity index (χ1v) is 17.2. The molecule has 0 spiro atoms. The molecule has 0 N–H and O–H groups in total. The maximum atomic E-state index is 14.2. The number of aromatic nitrogens is 2. The second kappa shape index (κ2) is 16.4. The third kappa shape index (κ3) is 8.04. The number of alkyl halides is 2. The Labute approximate surface area is 283 Å². The van der Waals surface area contributed by atoms with Crippen LogP contribution in [0.5, 0.6) is 0 Å². The molecule has 2 heterocycles. The Balaban J connectivity index is 0.000000178. The van der Waals surface area contributed by atoms with Gasteiger partial charge in [-0.05, 0) is 88.4 Å². The SMILES string of the molecule is CCCCI.CCCCN1c2ccccc2N(c2ccc(F)cc2F)C1I.Fc1ccc(-n2cnc3ccccc32)c(F)c1. The van der Waals surface area contributed by atoms with Crippen LogP contribution in [0.3, 0.4) is 0 Å². The van der Waals surface area contributed by atoms with Crippen molar-refractivity contribution < 1.29 is 17.6 Å². The van der Waals surface area contributed by atoms with Crippen molar-refractivity contribution in [2.24, 2.45) is 0 Å². The Kier molecular flexibility index (Phi) is 12.7. The average molecular weight is 828 g/mol. The number of fused-ring (bicyclic) bond motifs is 2. The lowest BCUT2D eigenvalue weighted by atomic mass is 10.2. The van der Waals surface area contributed by atoms with E-state index in [0.717, 1.165) is 53.9 Å². The molecule has 0 saturated carbocycles. The predicted octanol–water partition coefficient (Wildman–Crippen LogP) is 11.0. The number of halogens is 6. The molecule has 44 heavy (non-hydrogen) atoms. The summed E-state index contributed by atoms with van der Waals surface area (Å²) in [6, 6.07) is 22.6. The molecule has 1 atom stereocenters. The zero-order chi connectivity index (χ0) is 31.6. The molecule has 0 amide bonds. The van der Waals surface area contributed by atoms with E-state index in [4.69, 9.17) is 0 Å². The van der Waals surface area contributed by atoms with Crippen molar-refractivity contribution in [3.05, 3.63) is 115 Å². The van der Waals surface area contributed by atoms with Crippen molar-refractivity contribution in [1.82, 2.24) is 9.55 Å². The summed E-state index contributed by atoms with van der Waals surface area (Å²) in [5.41, 5.74) is 4.32. The Hall–Kier alpha value is -2.87. The van der Waals surface area contributed by atoms with Crippen molar-refractivity contribution in [2.75, 3.05) is 20.8 Å². The molecular formula is C34H34F4I2N4. The third-order valence-electron chi connectivity index (χ3n) is 6.95. The van der Waals surface area contributed by atoms with Crippen LogP contribution >= 0.6 is 45.2 Å². The number of nitrogens with zero attached hydrogens (tertiary/aromatic N) is 4. The molecule has 0 saturated heterocycles. The minimum absolute atomic E-state index is 0.0264. The molecule has 1 aliphatic heterocycles. The van der Waals surface area contributed by atoms with Crippen LogP contribution in [0.25, 0.3) is 16.7 Å². The maximum absolute atomic E-state index is 14.2. The van der Waals surface area contributed by atoms with Gasteiger partial charge in [0.05, 0.1) is 33.8 Å². The van der Waals surface area contributed by atoms with Gasteiger partial charge in [0.15, 0.2) is 4.17 Å². The van der Waals surface area contributed by atoms with E-state index in [1.807, 2.05) is 47.4 Å². The Morgan fingerprint density at radius 1 is 0.705 bits per heavy atom. The molecule has 10 heteroatoms. The largest absolute Gasteiger partial charge is 0.341 e. The fourth-order valence-corrected chi connectivity index (χ4v) is 6.66. The number of anilines is 3. The molecule has 1 unspecified atom stereocenters. The van der Waals surface area contributed by atoms with Gasteiger partial charge in [-0.25, -0.2) is 22.5 Å². The van der Waals surface area contributed by atoms with Crippen molar-refractivity contribution in [2.45, 2.75) is 43.7 Å². The zero-order valence-electron chi connectivity index (χ0n) is 24.5. The van der Waals surface area contributed by atoms with Crippen LogP contribution in [0, 0.1) is 23.3 Å². The van der Waals surface area contributed by atoms with Crippen LogP contribution in [-0.4, -0.2) is 24.7 Å². The molecule has 5 aromatic rings. The molecule has 1 aromatic heterocycles. The standard InChI is InChI=1S/C17H17F2IN2.C13H8F2N2.C4H9I/c1-2-3-10-21-15-6-4-5-7-16(15)22(17(21)20)14-9-8-12(18)11-13(14)19;14-9-5-6-12(10(15)7-9)17-8-16-11-3-1-2-4-13(11)17;1-2-3-4-5/h4-9,11,17H,2-3,10H2,1H3;1-8H;2-4H2,1H3. The summed E-state index contributed by atoms with van der Waals surface area (Å²) in [5.74, 6) is -2.28. The normalized spacial score (nSPS) is 13.7. The summed E-state index contributed by atoms with van der Waals surface area (Å²) in [7, 11) is 0. The van der Waals surface area contributed by atoms with Gasteiger partial charge in [-0.15, -0.1) is 0 Å². The molecule has 1 aliphatic rings. The van der Waals surface area contributed by atoms with Crippen LogP contribution < -0.4 is 9.80 Å². The van der Waals surface area contributed by atoms with E-state index in [9.17, 15) is 17.6 Å². The molecule has 0 fully saturated rings. The van der Waals surface area contributed by atoms with E-state index >= 15 is 0 Å². The predicted molar refractivity (Wildman–Crippen MR) is 190 cm³/mol. The lowest BCUT2D eigenvalue weighted by Gasteiger charge is -2.28. The number of para-hydroxylation sites is 4. The smallest absolute Gasteiger partial charge is 0.159 e. The van der Waals surface area contributed by atoms with Gasteiger partial charge < -0.3 is 9.80 Å². The summed E-state index contributed by atoms with van der Waals surface area (Å²) in [4.78, 5) is 8.36. The van der Waals surface area contributed by atoms with Gasteiger partial charge in [0.2, 0.25) is 0 Å². The Morgan fingerprint density at radius 3 is 1.89 bits per heavy atom. The van der Waals surface area contributed by atoms with Gasteiger partial charge in [-0.2, -0.15) is 0 Å². The molecule has 6 rings (SSSR count). The lowest BCUT2D eigenvalue weighted by Crippen LogP contribution is -2.36. The Bertz CT molecular complexity index is 1660. The summed E-state index contributed by atoms with van der Waals surface area (Å²) in [6.45, 7) is 5.28. The van der Waals surface area contributed by atoms with Crippen LogP contribution in [0.1, 0.15) is 39.5 Å². The first-order chi connectivity index (χ1) is 21.3. The van der Waals surface area contributed by atoms with Gasteiger partial charge in [-0.1, -0.05) is 73.5 Å². The molecule has 0 bridgehead atoms. The second-order valence-electron chi connectivity index (χ2n) is 10.1. The highest BCUT2D eigenvalue weighted by Crippen LogP contribution is 2.46. The minimum atomic E-state index is -0.604. The number of hydrogen-bond donors (Lipinski definition) is 0. The van der Waals surface area contributed by atoms with Gasteiger partial charge >= 0.3 is 0 Å². The summed E-state index contributed by atoms with van der Waals surface area (Å²) >= 11 is 4.70. The van der Waals surface area contributed by atoms with E-state index in [0.29, 0.717) is 11.4 Å². The van der Waals surface area contributed by atoms with E-state index < -0.39 is 23.3 Å². The highest BCUT2D eigenvalue weighted by atomic mass is 127. The lowest BCUT2D eigenvalue weighted by molar-refractivity contribution is 0.578. The van der Waals surface area contributed by atoms with Crippen LogP contribution in [-0.2, 0) is 0 Å². The van der Waals surface area contributed by atoms with Crippen molar-refractivity contribution in [3.8, 4) is 5.69 Å². The van der Waals surface area contributed by atoms with Gasteiger partial charge in [0, 0.05) is 18.7 Å². The zero-order valence-corrected chi connectivity index (χ0v) is 28.9. The van der Waals surface area contributed by atoms with E-state index in [2.05, 4.69) is 75.0 Å². The van der Waals surface area contributed by atoms with Crippen LogP contribution in [0.15, 0.2) is 91.3 Å². The topological polar surface area (TPSA) is 24.3 Å². The van der Waals surface area contributed by atoms with Crippen LogP contribution in [0.2, 0.25) is 0 Å². The highest BCUT2D eigenvalue weighted by molar-refractivity contribution is 14.1. The number of hydrogen-bond acceptors (Lipinski definition) is 3. The van der Waals surface area contributed by atoms with Gasteiger partial charge in [0.25, 0.3) is 0 Å². The molecular weight excluding hydrogens is 794 g/mol. The second-order valence-corrected chi connectivity index (χ2v) is 12.2. The van der Waals surface area contributed by atoms with E-state index in [1.54, 1.807) is 4.57 Å². The average Bonchev–Trinajstić information content (AvgIpc) is 3.56. The first-order valence-electron chi connectivity index (χ1n) is 14.5. The third-order valence-corrected chi connectivity index (χ3v) is 8.95. The summed E-state index contributed by atoms with van der Waals surface area (Å²) in [6.07, 6.45) is 6.42. The van der Waals surface area contributed by atoms with Crippen LogP contribution in [0.4, 0.5) is 34.6 Å². The fraction of sp³-hybridized carbons (Fsp3) is 0.265. The summed E-state index contributed by atoms with van der Waals surface area (Å²) < 4.78 is 56.8. The number of unbranched alkanes of at least 4 members (excludes halogenated alkanes) is 2. The van der Waals surface area contributed by atoms with Crippen molar-refractivity contribution >= 4 is 73.3 Å². The summed E-state index contributed by atoms with van der Waals surface area (Å²) in [5, 5.41) is 0. The monoisotopic (exact) mass is 828 g/mol. The maximum Gasteiger partial charge on any atom is 0.159 e. The first kappa shape index (κ1) is 34.0. The quantitative estimate of drug-likeness (QED) is 0.0707. The molecule has 232 valence electrons. The number of rotatable bonds is 7. The number of imidazole rings is 1.